The number of halogens is 2. The summed E-state index contributed by atoms with van der Waals surface area (Å²) in [4.78, 5) is 35.4. The first kappa shape index (κ1) is 13.5. The summed E-state index contributed by atoms with van der Waals surface area (Å²) in [7, 11) is 0. The van der Waals surface area contributed by atoms with Gasteiger partial charge in [-0.1, -0.05) is 0 Å². The van der Waals surface area contributed by atoms with Crippen LogP contribution in [0.5, 0.6) is 0 Å². The first-order chi connectivity index (χ1) is 9.90. The number of rotatable bonds is 1. The highest BCUT2D eigenvalue weighted by atomic mass is 79.9. The molecule has 1 aliphatic rings. The monoisotopic (exact) mass is 351 g/mol. The Morgan fingerprint density at radius 3 is 2.57 bits per heavy atom. The molecule has 0 radical (unpaired) electrons. The molecule has 0 fully saturated rings. The van der Waals surface area contributed by atoms with Crippen LogP contribution in [0.25, 0.3) is 5.69 Å². The molecule has 0 spiro atoms. The maximum atomic E-state index is 13.4. The van der Waals surface area contributed by atoms with Gasteiger partial charge in [0.2, 0.25) is 0 Å². The number of hydrogen-bond donors (Lipinski definition) is 2. The Morgan fingerprint density at radius 2 is 1.86 bits per heavy atom. The zero-order valence-corrected chi connectivity index (χ0v) is 11.9. The number of fused-ring (bicyclic) bond motifs is 1. The van der Waals surface area contributed by atoms with Crippen molar-refractivity contribution in [1.29, 1.82) is 0 Å². The van der Waals surface area contributed by atoms with E-state index in [1.807, 2.05) is 0 Å². The minimum absolute atomic E-state index is 0.0775. The normalized spacial score (nSPS) is 13.2. The minimum Gasteiger partial charge on any atom is -0.384 e. The number of pyridine rings is 1. The van der Waals surface area contributed by atoms with Crippen molar-refractivity contribution in [3.63, 3.8) is 0 Å². The van der Waals surface area contributed by atoms with E-state index in [1.165, 1.54) is 12.1 Å². The lowest BCUT2D eigenvalue weighted by Gasteiger charge is -2.13. The van der Waals surface area contributed by atoms with Gasteiger partial charge in [0.25, 0.3) is 17.4 Å². The van der Waals surface area contributed by atoms with E-state index in [0.717, 1.165) is 16.7 Å². The number of amides is 2. The maximum Gasteiger partial charge on any atom is 0.262 e. The van der Waals surface area contributed by atoms with Crippen molar-refractivity contribution in [3.05, 3.63) is 56.0 Å². The van der Waals surface area contributed by atoms with Crippen LogP contribution in [-0.2, 0) is 0 Å². The third kappa shape index (κ3) is 1.95. The molecule has 1 aromatic heterocycles. The Bertz CT molecular complexity index is 876. The van der Waals surface area contributed by atoms with Crippen molar-refractivity contribution in [2.45, 2.75) is 0 Å². The summed E-state index contributed by atoms with van der Waals surface area (Å²) in [5, 5.41) is 2.06. The molecule has 0 unspecified atom stereocenters. The molecule has 0 saturated carbocycles. The molecule has 3 N–H and O–H groups in total. The van der Waals surface area contributed by atoms with E-state index in [2.05, 4.69) is 21.2 Å². The molecule has 21 heavy (non-hydrogen) atoms. The molecule has 2 heterocycles. The number of imide groups is 1. The molecule has 2 amide bonds. The van der Waals surface area contributed by atoms with Crippen molar-refractivity contribution in [1.82, 2.24) is 9.88 Å². The molecule has 2 aromatic rings. The molecule has 1 aromatic carbocycles. The van der Waals surface area contributed by atoms with Crippen LogP contribution in [0.15, 0.2) is 33.5 Å². The zero-order valence-electron chi connectivity index (χ0n) is 10.3. The Hall–Kier alpha value is -2.48. The molecule has 0 saturated heterocycles. The first-order valence-corrected chi connectivity index (χ1v) is 6.56. The second kappa shape index (κ2) is 4.52. The van der Waals surface area contributed by atoms with Crippen LogP contribution < -0.4 is 16.6 Å². The number of hydrogen-bond acceptors (Lipinski definition) is 4. The molecule has 0 atom stereocenters. The molecular weight excluding hydrogens is 345 g/mol. The molecule has 8 heteroatoms. The van der Waals surface area contributed by atoms with Gasteiger partial charge in [0, 0.05) is 10.5 Å². The maximum absolute atomic E-state index is 13.4. The van der Waals surface area contributed by atoms with E-state index in [9.17, 15) is 18.8 Å². The number of nitrogens with zero attached hydrogens (tertiary/aromatic N) is 1. The standard InChI is InChI=1S/C13H7BrFN3O3/c14-7-2-1-5(15)3-8(7)18-9(19)4-6-10(11(18)16)13(21)17-12(6)20/h1-4H,16H2,(H,17,20,21). The summed E-state index contributed by atoms with van der Waals surface area (Å²) in [6.07, 6.45) is 0. The Labute approximate surface area is 125 Å². The Morgan fingerprint density at radius 1 is 1.14 bits per heavy atom. The zero-order chi connectivity index (χ0) is 15.3. The van der Waals surface area contributed by atoms with Crippen LogP contribution in [0.2, 0.25) is 0 Å². The van der Waals surface area contributed by atoms with Gasteiger partial charge in [0.15, 0.2) is 0 Å². The summed E-state index contributed by atoms with van der Waals surface area (Å²) >= 11 is 3.19. The third-order valence-electron chi connectivity index (χ3n) is 3.10. The fourth-order valence-corrected chi connectivity index (χ4v) is 2.61. The lowest BCUT2D eigenvalue weighted by Crippen LogP contribution is -2.24. The van der Waals surface area contributed by atoms with Crippen LogP contribution >= 0.6 is 15.9 Å². The van der Waals surface area contributed by atoms with E-state index < -0.39 is 23.2 Å². The van der Waals surface area contributed by atoms with Gasteiger partial charge in [-0.25, -0.2) is 4.39 Å². The third-order valence-corrected chi connectivity index (χ3v) is 3.77. The molecule has 3 rings (SSSR count). The molecule has 1 aliphatic heterocycles. The average Bonchev–Trinajstić information content (AvgIpc) is 2.68. The number of carbonyl (C=O) groups excluding carboxylic acids is 2. The second-order valence-corrected chi connectivity index (χ2v) is 5.23. The topological polar surface area (TPSA) is 94.2 Å². The van der Waals surface area contributed by atoms with Crippen LogP contribution in [0.1, 0.15) is 20.7 Å². The number of nitrogen functional groups attached to an aromatic ring is 1. The number of benzene rings is 1. The van der Waals surface area contributed by atoms with E-state index >= 15 is 0 Å². The van der Waals surface area contributed by atoms with Gasteiger partial charge in [-0.15, -0.1) is 0 Å². The van der Waals surface area contributed by atoms with Gasteiger partial charge in [0.1, 0.15) is 11.6 Å². The highest BCUT2D eigenvalue weighted by molar-refractivity contribution is 9.10. The lowest BCUT2D eigenvalue weighted by molar-refractivity contribution is 0.0880. The van der Waals surface area contributed by atoms with Crippen LogP contribution in [0.3, 0.4) is 0 Å². The number of nitrogens with one attached hydrogen (secondary N) is 1. The fourth-order valence-electron chi connectivity index (χ4n) is 2.19. The largest absolute Gasteiger partial charge is 0.384 e. The van der Waals surface area contributed by atoms with E-state index in [4.69, 9.17) is 5.73 Å². The number of carbonyl (C=O) groups is 2. The molecule has 6 nitrogen and oxygen atoms in total. The van der Waals surface area contributed by atoms with E-state index in [1.54, 1.807) is 0 Å². The van der Waals surface area contributed by atoms with Gasteiger partial charge in [-0.3, -0.25) is 24.3 Å². The van der Waals surface area contributed by atoms with Crippen LogP contribution in [-0.4, -0.2) is 16.4 Å². The summed E-state index contributed by atoms with van der Waals surface area (Å²) in [6.45, 7) is 0. The second-order valence-electron chi connectivity index (χ2n) is 4.37. The summed E-state index contributed by atoms with van der Waals surface area (Å²) in [6, 6.07) is 4.72. The highest BCUT2D eigenvalue weighted by Crippen LogP contribution is 2.27. The predicted molar refractivity (Wildman–Crippen MR) is 75.9 cm³/mol. The quantitative estimate of drug-likeness (QED) is 0.755. The van der Waals surface area contributed by atoms with Gasteiger partial charge >= 0.3 is 0 Å². The summed E-state index contributed by atoms with van der Waals surface area (Å²) in [5.41, 5.74) is 5.19. The van der Waals surface area contributed by atoms with Crippen molar-refractivity contribution in [2.24, 2.45) is 0 Å². The van der Waals surface area contributed by atoms with Crippen molar-refractivity contribution < 1.29 is 14.0 Å². The van der Waals surface area contributed by atoms with Gasteiger partial charge in [-0.2, -0.15) is 0 Å². The first-order valence-electron chi connectivity index (χ1n) is 5.77. The molecule has 0 bridgehead atoms. The lowest BCUT2D eigenvalue weighted by atomic mass is 10.1. The SMILES string of the molecule is Nc1c2c(cc(=O)n1-c1cc(F)ccc1Br)C(=O)NC2=O. The smallest absolute Gasteiger partial charge is 0.262 e. The molecule has 0 aliphatic carbocycles. The van der Waals surface area contributed by atoms with Crippen molar-refractivity contribution in [2.75, 3.05) is 5.73 Å². The van der Waals surface area contributed by atoms with Gasteiger partial charge < -0.3 is 5.73 Å². The van der Waals surface area contributed by atoms with Crippen LogP contribution in [0.4, 0.5) is 10.2 Å². The predicted octanol–water partition coefficient (Wildman–Crippen LogP) is 1.20. The summed E-state index contributed by atoms with van der Waals surface area (Å²) in [5.74, 6) is -2.15. The molecular formula is C13H7BrFN3O3. The highest BCUT2D eigenvalue weighted by Gasteiger charge is 2.32. The Balaban J connectivity index is 2.38. The van der Waals surface area contributed by atoms with Gasteiger partial charge in [-0.05, 0) is 34.1 Å². The Kier molecular flexibility index (Phi) is 2.91. The van der Waals surface area contributed by atoms with Crippen LogP contribution in [0, 0.1) is 5.82 Å². The van der Waals surface area contributed by atoms with E-state index in [0.29, 0.717) is 4.47 Å². The fraction of sp³-hybridized carbons (Fsp3) is 0. The molecule has 106 valence electrons. The van der Waals surface area contributed by atoms with Crippen molar-refractivity contribution >= 4 is 33.6 Å². The number of anilines is 1. The van der Waals surface area contributed by atoms with Gasteiger partial charge in [0.05, 0.1) is 16.8 Å². The van der Waals surface area contributed by atoms with Crippen molar-refractivity contribution in [3.8, 4) is 5.69 Å². The minimum atomic E-state index is -0.686. The number of aromatic nitrogens is 1. The summed E-state index contributed by atoms with van der Waals surface area (Å²) < 4.78 is 14.8. The number of nitrogens with two attached hydrogens (primary N) is 1. The average molecular weight is 352 g/mol. The van der Waals surface area contributed by atoms with E-state index in [-0.39, 0.29) is 22.6 Å².